The van der Waals surface area contributed by atoms with Crippen LogP contribution in [0.15, 0.2) is 180 Å². The van der Waals surface area contributed by atoms with Gasteiger partial charge < -0.3 is 9.32 Å². The van der Waals surface area contributed by atoms with Crippen LogP contribution < -0.4 is 4.90 Å². The van der Waals surface area contributed by atoms with Gasteiger partial charge in [0, 0.05) is 22.1 Å². The largest absolute Gasteiger partial charge is 0.456 e. The highest BCUT2D eigenvalue weighted by atomic mass is 16.3. The number of nitrogens with zero attached hydrogens (tertiary/aromatic N) is 1. The molecule has 2 nitrogen and oxygen atoms in total. The molecule has 2 aliphatic carbocycles. The number of fused-ring (bicyclic) bond motifs is 9. The molecule has 62 heavy (non-hydrogen) atoms. The van der Waals surface area contributed by atoms with E-state index in [1.807, 2.05) is 0 Å². The van der Waals surface area contributed by atoms with Gasteiger partial charge in [-0.1, -0.05) is 195 Å². The monoisotopic (exact) mass is 803 g/mol. The predicted octanol–water partition coefficient (Wildman–Crippen LogP) is 16.3. The van der Waals surface area contributed by atoms with Crippen molar-refractivity contribution >= 4 is 39.0 Å². The molecule has 2 heteroatoms. The van der Waals surface area contributed by atoms with E-state index in [0.717, 1.165) is 39.0 Å². The standard InChI is InChI=1S/C60H53NO/c1-57(2,3)40-30-32-45-49(34-40)60(38-20-11-9-12-21-38,39-22-13-10-14-23-39)50-35-41(58(4,5)6)36-52(55(45)50)61(51-27-19-29-54-56(51)46-25-16-18-28-53(46)62-54)42-31-33-44-43-24-15-17-26-47(43)59(7,8)48(44)37-42/h9-37H,1-8H3. The molecule has 11 rings (SSSR count). The molecule has 0 fully saturated rings. The third-order valence-corrected chi connectivity index (χ3v) is 14.0. The van der Waals surface area contributed by atoms with Gasteiger partial charge in [0.2, 0.25) is 0 Å². The first kappa shape index (κ1) is 38.3. The Morgan fingerprint density at radius 1 is 0.435 bits per heavy atom. The van der Waals surface area contributed by atoms with Gasteiger partial charge in [-0.2, -0.15) is 0 Å². The Kier molecular flexibility index (Phi) is 8.29. The molecule has 1 aromatic heterocycles. The van der Waals surface area contributed by atoms with Gasteiger partial charge in [0.15, 0.2) is 0 Å². The number of hydrogen-bond donors (Lipinski definition) is 0. The number of anilines is 3. The van der Waals surface area contributed by atoms with Gasteiger partial charge in [0.05, 0.1) is 22.2 Å². The average Bonchev–Trinajstić information content (AvgIpc) is 3.88. The second-order valence-electron chi connectivity index (χ2n) is 20.1. The first-order valence-corrected chi connectivity index (χ1v) is 22.2. The summed E-state index contributed by atoms with van der Waals surface area (Å²) in [7, 11) is 0. The van der Waals surface area contributed by atoms with E-state index in [2.05, 4.69) is 236 Å². The molecule has 304 valence electrons. The van der Waals surface area contributed by atoms with Crippen LogP contribution in [-0.4, -0.2) is 0 Å². The molecule has 0 N–H and O–H groups in total. The third-order valence-electron chi connectivity index (χ3n) is 14.0. The molecule has 0 aliphatic heterocycles. The van der Waals surface area contributed by atoms with Gasteiger partial charge in [-0.15, -0.1) is 0 Å². The lowest BCUT2D eigenvalue weighted by Crippen LogP contribution is -2.30. The molecule has 0 radical (unpaired) electrons. The van der Waals surface area contributed by atoms with Crippen molar-refractivity contribution in [3.8, 4) is 22.3 Å². The molecular weight excluding hydrogens is 751 g/mol. The summed E-state index contributed by atoms with van der Waals surface area (Å²) in [6.45, 7) is 18.8. The highest BCUT2D eigenvalue weighted by Crippen LogP contribution is 2.62. The number of furan rings is 1. The zero-order chi connectivity index (χ0) is 42.8. The fourth-order valence-electron chi connectivity index (χ4n) is 10.8. The summed E-state index contributed by atoms with van der Waals surface area (Å²) in [6.07, 6.45) is 0. The lowest BCUT2D eigenvalue weighted by atomic mass is 9.66. The third kappa shape index (κ3) is 5.48. The van der Waals surface area contributed by atoms with E-state index in [0.29, 0.717) is 0 Å². The topological polar surface area (TPSA) is 16.4 Å². The Balaban J connectivity index is 1.32. The van der Waals surface area contributed by atoms with Gasteiger partial charge in [-0.3, -0.25) is 0 Å². The quantitative estimate of drug-likeness (QED) is 0.172. The van der Waals surface area contributed by atoms with E-state index in [1.54, 1.807) is 0 Å². The van der Waals surface area contributed by atoms with Gasteiger partial charge in [0.1, 0.15) is 11.2 Å². The van der Waals surface area contributed by atoms with Crippen LogP contribution in [0.25, 0.3) is 44.2 Å². The van der Waals surface area contributed by atoms with Crippen molar-refractivity contribution in [1.29, 1.82) is 0 Å². The average molecular weight is 804 g/mol. The molecule has 1 heterocycles. The maximum atomic E-state index is 6.66. The SMILES string of the molecule is CC(C)(C)c1ccc2c(c1)C(c1ccccc1)(c1ccccc1)c1cc(C(C)(C)C)cc(N(c3ccc4c(c3)C(C)(C)c3ccccc3-4)c3cccc4oc5ccccc5c34)c1-2. The van der Waals surface area contributed by atoms with Crippen molar-refractivity contribution in [1.82, 2.24) is 0 Å². The normalized spacial score (nSPS) is 14.7. The van der Waals surface area contributed by atoms with Crippen LogP contribution in [-0.2, 0) is 21.7 Å². The van der Waals surface area contributed by atoms with Crippen molar-refractivity contribution in [3.63, 3.8) is 0 Å². The zero-order valence-corrected chi connectivity index (χ0v) is 37.1. The van der Waals surface area contributed by atoms with Crippen molar-refractivity contribution in [2.45, 2.75) is 77.0 Å². The van der Waals surface area contributed by atoms with E-state index in [4.69, 9.17) is 4.42 Å². The van der Waals surface area contributed by atoms with Crippen LogP contribution in [0.3, 0.4) is 0 Å². The molecule has 0 amide bonds. The Morgan fingerprint density at radius 2 is 1.03 bits per heavy atom. The highest BCUT2D eigenvalue weighted by Gasteiger charge is 2.49. The van der Waals surface area contributed by atoms with E-state index in [-0.39, 0.29) is 16.2 Å². The van der Waals surface area contributed by atoms with Crippen LogP contribution >= 0.6 is 0 Å². The van der Waals surface area contributed by atoms with Crippen molar-refractivity contribution in [3.05, 3.63) is 220 Å². The highest BCUT2D eigenvalue weighted by molar-refractivity contribution is 6.14. The first-order valence-electron chi connectivity index (χ1n) is 22.2. The summed E-state index contributed by atoms with van der Waals surface area (Å²) in [5.74, 6) is 0. The minimum absolute atomic E-state index is 0.0544. The summed E-state index contributed by atoms with van der Waals surface area (Å²) >= 11 is 0. The lowest BCUT2D eigenvalue weighted by Gasteiger charge is -2.36. The minimum Gasteiger partial charge on any atom is -0.456 e. The summed E-state index contributed by atoms with van der Waals surface area (Å²) in [4.78, 5) is 2.57. The van der Waals surface area contributed by atoms with Crippen LogP contribution in [0.4, 0.5) is 17.1 Å². The Labute approximate surface area is 366 Å². The van der Waals surface area contributed by atoms with Gasteiger partial charge >= 0.3 is 0 Å². The summed E-state index contributed by atoms with van der Waals surface area (Å²) < 4.78 is 6.66. The van der Waals surface area contributed by atoms with Crippen molar-refractivity contribution in [2.24, 2.45) is 0 Å². The number of hydrogen-bond acceptors (Lipinski definition) is 2. The number of para-hydroxylation sites is 1. The smallest absolute Gasteiger partial charge is 0.137 e. The molecule has 0 atom stereocenters. The Morgan fingerprint density at radius 3 is 1.74 bits per heavy atom. The van der Waals surface area contributed by atoms with Gasteiger partial charge in [-0.25, -0.2) is 0 Å². The van der Waals surface area contributed by atoms with Crippen LogP contribution in [0.2, 0.25) is 0 Å². The second kappa shape index (κ2) is 13.4. The molecule has 0 saturated carbocycles. The van der Waals surface area contributed by atoms with E-state index >= 15 is 0 Å². The zero-order valence-electron chi connectivity index (χ0n) is 37.1. The molecule has 9 aromatic rings. The fourth-order valence-corrected chi connectivity index (χ4v) is 10.8. The lowest BCUT2D eigenvalue weighted by molar-refractivity contribution is 0.586. The Hall–Kier alpha value is -6.64. The van der Waals surface area contributed by atoms with E-state index in [9.17, 15) is 0 Å². The Bertz CT molecular complexity index is 3180. The molecule has 0 unspecified atom stereocenters. The maximum absolute atomic E-state index is 6.66. The maximum Gasteiger partial charge on any atom is 0.137 e. The van der Waals surface area contributed by atoms with Crippen molar-refractivity contribution < 1.29 is 4.42 Å². The summed E-state index contributed by atoms with van der Waals surface area (Å²) in [6, 6.07) is 66.1. The van der Waals surface area contributed by atoms with Gasteiger partial charge in [0.25, 0.3) is 0 Å². The molecule has 2 aliphatic rings. The second-order valence-corrected chi connectivity index (χ2v) is 20.1. The van der Waals surface area contributed by atoms with E-state index < -0.39 is 5.41 Å². The van der Waals surface area contributed by atoms with Gasteiger partial charge in [-0.05, 0) is 108 Å². The van der Waals surface area contributed by atoms with Crippen molar-refractivity contribution in [2.75, 3.05) is 4.90 Å². The molecule has 0 spiro atoms. The molecule has 8 aromatic carbocycles. The van der Waals surface area contributed by atoms with Crippen LogP contribution in [0.5, 0.6) is 0 Å². The number of benzene rings is 8. The fraction of sp³-hybridized carbons (Fsp3) is 0.200. The van der Waals surface area contributed by atoms with E-state index in [1.165, 1.54) is 66.8 Å². The first-order chi connectivity index (χ1) is 29.8. The summed E-state index contributed by atoms with van der Waals surface area (Å²) in [5.41, 5.74) is 19.8. The number of rotatable bonds is 5. The molecule has 0 saturated heterocycles. The minimum atomic E-state index is -0.591. The molecule has 0 bridgehead atoms. The predicted molar refractivity (Wildman–Crippen MR) is 261 cm³/mol. The van der Waals surface area contributed by atoms with Crippen LogP contribution in [0.1, 0.15) is 99.9 Å². The van der Waals surface area contributed by atoms with Crippen LogP contribution in [0, 0.1) is 0 Å². The molecular formula is C60H53NO. The summed E-state index contributed by atoms with van der Waals surface area (Å²) in [5, 5.41) is 2.22.